The third-order valence-corrected chi connectivity index (χ3v) is 4.33. The summed E-state index contributed by atoms with van der Waals surface area (Å²) in [6, 6.07) is 3.22. The molecule has 1 aliphatic carbocycles. The molecule has 0 spiro atoms. The van der Waals surface area contributed by atoms with E-state index in [0.29, 0.717) is 17.2 Å². The molecular weight excluding hydrogens is 354 g/mol. The minimum atomic E-state index is -2.98. The maximum atomic E-state index is 12.6. The lowest BCUT2D eigenvalue weighted by Crippen LogP contribution is -2.06. The Morgan fingerprint density at radius 3 is 2.56 bits per heavy atom. The Labute approximate surface area is 154 Å². The molecule has 9 heteroatoms. The molecule has 1 fully saturated rings. The molecule has 0 aromatic carbocycles. The number of nitrogens with two attached hydrogens (primary N) is 1. The van der Waals surface area contributed by atoms with E-state index in [1.165, 1.54) is 12.3 Å². The third-order valence-electron chi connectivity index (χ3n) is 4.33. The second-order valence-electron chi connectivity index (χ2n) is 6.34. The first-order valence-corrected chi connectivity index (χ1v) is 8.66. The molecule has 0 radical (unpaired) electrons. The summed E-state index contributed by atoms with van der Waals surface area (Å²) >= 11 is 0. The van der Waals surface area contributed by atoms with Gasteiger partial charge in [0.15, 0.2) is 11.6 Å². The first kappa shape index (κ1) is 17.3. The molecule has 4 rings (SSSR count). The van der Waals surface area contributed by atoms with Crippen LogP contribution in [0.2, 0.25) is 0 Å². The highest BCUT2D eigenvalue weighted by atomic mass is 19.3. The highest BCUT2D eigenvalue weighted by Crippen LogP contribution is 2.40. The monoisotopic (exact) mass is 372 g/mol. The van der Waals surface area contributed by atoms with Gasteiger partial charge in [0, 0.05) is 36.0 Å². The number of nitrogens with zero attached hydrogens (tertiary/aromatic N) is 5. The van der Waals surface area contributed by atoms with Crippen molar-refractivity contribution in [2.45, 2.75) is 38.8 Å². The number of anilines is 1. The van der Waals surface area contributed by atoms with Crippen LogP contribution in [0.25, 0.3) is 22.5 Å². The number of aromatic nitrogens is 5. The van der Waals surface area contributed by atoms with Crippen molar-refractivity contribution < 1.29 is 13.5 Å². The predicted molar refractivity (Wildman–Crippen MR) is 95.2 cm³/mol. The first-order valence-electron chi connectivity index (χ1n) is 8.66. The zero-order valence-corrected chi connectivity index (χ0v) is 14.6. The highest BCUT2D eigenvalue weighted by Gasteiger charge is 2.28. The van der Waals surface area contributed by atoms with Crippen LogP contribution < -0.4 is 10.5 Å². The summed E-state index contributed by atoms with van der Waals surface area (Å²) in [7, 11) is 0. The van der Waals surface area contributed by atoms with Crippen molar-refractivity contribution in [1.82, 2.24) is 24.7 Å². The van der Waals surface area contributed by atoms with Crippen molar-refractivity contribution in [3.05, 3.63) is 36.5 Å². The quantitative estimate of drug-likeness (QED) is 0.712. The third kappa shape index (κ3) is 3.71. The van der Waals surface area contributed by atoms with Gasteiger partial charge in [-0.05, 0) is 31.9 Å². The van der Waals surface area contributed by atoms with Crippen LogP contribution in [0, 0.1) is 0 Å². The fourth-order valence-electron chi connectivity index (χ4n) is 2.74. The van der Waals surface area contributed by atoms with Crippen LogP contribution in [0.15, 0.2) is 30.7 Å². The van der Waals surface area contributed by atoms with Gasteiger partial charge in [-0.3, -0.25) is 4.68 Å². The summed E-state index contributed by atoms with van der Waals surface area (Å²) in [6.45, 7) is -0.223. The second kappa shape index (κ2) is 6.90. The van der Waals surface area contributed by atoms with Crippen LogP contribution >= 0.6 is 0 Å². The van der Waals surface area contributed by atoms with Crippen molar-refractivity contribution in [3.8, 4) is 28.3 Å². The van der Waals surface area contributed by atoms with Gasteiger partial charge in [0.05, 0.1) is 17.6 Å². The van der Waals surface area contributed by atoms with Gasteiger partial charge in [-0.1, -0.05) is 0 Å². The molecule has 1 aliphatic rings. The number of aryl methyl sites for hydroxylation is 1. The molecule has 7 nitrogen and oxygen atoms in total. The molecule has 0 aliphatic heterocycles. The van der Waals surface area contributed by atoms with Gasteiger partial charge in [-0.25, -0.2) is 15.0 Å². The minimum Gasteiger partial charge on any atom is -0.431 e. The van der Waals surface area contributed by atoms with Crippen molar-refractivity contribution in [2.24, 2.45) is 0 Å². The van der Waals surface area contributed by atoms with E-state index in [0.717, 1.165) is 36.5 Å². The lowest BCUT2D eigenvalue weighted by molar-refractivity contribution is -0.0494. The summed E-state index contributed by atoms with van der Waals surface area (Å²) < 4.78 is 31.5. The number of rotatable bonds is 6. The Bertz CT molecular complexity index is 970. The zero-order chi connectivity index (χ0) is 19.0. The number of hydrogen-bond acceptors (Lipinski definition) is 6. The number of pyridine rings is 1. The van der Waals surface area contributed by atoms with E-state index < -0.39 is 6.61 Å². The number of hydrogen-bond donors (Lipinski definition) is 1. The van der Waals surface area contributed by atoms with Crippen molar-refractivity contribution in [3.63, 3.8) is 0 Å². The number of ether oxygens (including phenoxy) is 1. The largest absolute Gasteiger partial charge is 0.431 e. The van der Waals surface area contributed by atoms with Gasteiger partial charge in [0.25, 0.3) is 0 Å². The lowest BCUT2D eigenvalue weighted by atomic mass is 10.1. The van der Waals surface area contributed by atoms with Crippen molar-refractivity contribution in [1.29, 1.82) is 0 Å². The van der Waals surface area contributed by atoms with Crippen molar-refractivity contribution >= 4 is 5.82 Å². The fourth-order valence-corrected chi connectivity index (χ4v) is 2.74. The Morgan fingerprint density at radius 2 is 1.93 bits per heavy atom. The van der Waals surface area contributed by atoms with Crippen LogP contribution in [0.1, 0.15) is 31.5 Å². The molecular formula is C18H18F2N6O. The van der Waals surface area contributed by atoms with Crippen LogP contribution in [-0.2, 0) is 6.54 Å². The standard InChI is InChI=1S/C18H18F2N6O/c1-2-26-9-12(8-23-26)14-6-13(24-17(25-14)10-3-4-10)11-5-15(27-18(19)20)16(21)22-7-11/h5-10,18H,2-4H2,1H3,(H2,21,22). The van der Waals surface area contributed by atoms with Crippen LogP contribution in [0.4, 0.5) is 14.6 Å². The highest BCUT2D eigenvalue weighted by molar-refractivity contribution is 5.69. The van der Waals surface area contributed by atoms with E-state index in [9.17, 15) is 8.78 Å². The van der Waals surface area contributed by atoms with E-state index in [-0.39, 0.29) is 11.6 Å². The van der Waals surface area contributed by atoms with Gasteiger partial charge < -0.3 is 10.5 Å². The molecule has 1 saturated carbocycles. The molecule has 0 saturated heterocycles. The summed E-state index contributed by atoms with van der Waals surface area (Å²) in [6.07, 6.45) is 7.23. The summed E-state index contributed by atoms with van der Waals surface area (Å²) in [5.74, 6) is 0.790. The predicted octanol–water partition coefficient (Wildman–Crippen LogP) is 3.48. The van der Waals surface area contributed by atoms with Gasteiger partial charge in [0.2, 0.25) is 0 Å². The molecule has 0 amide bonds. The molecule has 27 heavy (non-hydrogen) atoms. The summed E-state index contributed by atoms with van der Waals surface area (Å²) in [4.78, 5) is 13.2. The number of nitrogen functional groups attached to an aromatic ring is 1. The smallest absolute Gasteiger partial charge is 0.387 e. The fraction of sp³-hybridized carbons (Fsp3) is 0.333. The van der Waals surface area contributed by atoms with Crippen LogP contribution in [-0.4, -0.2) is 31.3 Å². The number of halogens is 2. The lowest BCUT2D eigenvalue weighted by Gasteiger charge is -2.10. The Hall–Kier alpha value is -3.10. The maximum absolute atomic E-state index is 12.6. The average Bonchev–Trinajstić information content (AvgIpc) is 3.40. The van der Waals surface area contributed by atoms with Crippen LogP contribution in [0.5, 0.6) is 5.75 Å². The maximum Gasteiger partial charge on any atom is 0.387 e. The van der Waals surface area contributed by atoms with Gasteiger partial charge in [0.1, 0.15) is 5.82 Å². The van der Waals surface area contributed by atoms with E-state index in [4.69, 9.17) is 5.73 Å². The molecule has 3 aromatic heterocycles. The molecule has 2 N–H and O–H groups in total. The topological polar surface area (TPSA) is 91.7 Å². The van der Waals surface area contributed by atoms with Crippen LogP contribution in [0.3, 0.4) is 0 Å². The Kier molecular flexibility index (Phi) is 4.43. The molecule has 3 heterocycles. The molecule has 0 atom stereocenters. The van der Waals surface area contributed by atoms with Gasteiger partial charge in [-0.15, -0.1) is 0 Å². The molecule has 0 unspecified atom stereocenters. The van der Waals surface area contributed by atoms with E-state index in [2.05, 4.69) is 24.8 Å². The van der Waals surface area contributed by atoms with Gasteiger partial charge in [-0.2, -0.15) is 13.9 Å². The first-order chi connectivity index (χ1) is 13.0. The van der Waals surface area contributed by atoms with E-state index in [1.807, 2.05) is 17.8 Å². The van der Waals surface area contributed by atoms with Gasteiger partial charge >= 0.3 is 6.61 Å². The molecule has 3 aromatic rings. The number of alkyl halides is 2. The Balaban J connectivity index is 1.78. The minimum absolute atomic E-state index is 0.0973. The zero-order valence-electron chi connectivity index (χ0n) is 14.6. The Morgan fingerprint density at radius 1 is 1.19 bits per heavy atom. The second-order valence-corrected chi connectivity index (χ2v) is 6.34. The van der Waals surface area contributed by atoms with E-state index >= 15 is 0 Å². The average molecular weight is 372 g/mol. The normalized spacial score (nSPS) is 13.9. The summed E-state index contributed by atoms with van der Waals surface area (Å²) in [5, 5.41) is 4.29. The van der Waals surface area contributed by atoms with Crippen molar-refractivity contribution in [2.75, 3.05) is 5.73 Å². The SMILES string of the molecule is CCn1cc(-c2cc(-c3cnc(N)c(OC(F)F)c3)nc(C3CC3)n2)cn1. The summed E-state index contributed by atoms with van der Waals surface area (Å²) in [5.41, 5.74) is 8.35. The molecule has 140 valence electrons. The molecule has 0 bridgehead atoms. The van der Waals surface area contributed by atoms with E-state index in [1.54, 1.807) is 12.3 Å².